The summed E-state index contributed by atoms with van der Waals surface area (Å²) in [5.41, 5.74) is 14.0. The highest BCUT2D eigenvalue weighted by Gasteiger charge is 2.23. The Bertz CT molecular complexity index is 2210. The summed E-state index contributed by atoms with van der Waals surface area (Å²) in [5.74, 6) is 0.223. The number of hydrogen-bond donors (Lipinski definition) is 0. The SMILES string of the molecule is C1=CC(c2cccc(-c3cccc(-n4c5c(c6ccccc64)C=CCC5)c3)n2)CC(n2c3c(c4ccccc42)C=CCC3)=C1. The third-order valence-corrected chi connectivity index (χ3v) is 9.60. The van der Waals surface area contributed by atoms with Gasteiger partial charge in [0, 0.05) is 61.8 Å². The highest BCUT2D eigenvalue weighted by Crippen LogP contribution is 2.39. The normalized spacial score (nSPS) is 17.2. The second-order valence-corrected chi connectivity index (χ2v) is 12.2. The van der Waals surface area contributed by atoms with E-state index >= 15 is 0 Å². The van der Waals surface area contributed by atoms with Crippen molar-refractivity contribution in [3.8, 4) is 16.9 Å². The Balaban J connectivity index is 1.07. The molecule has 3 aromatic carbocycles. The highest BCUT2D eigenvalue weighted by molar-refractivity contribution is 5.95. The molecule has 1 unspecified atom stereocenters. The first-order chi connectivity index (χ1) is 21.8. The molecule has 0 aliphatic heterocycles. The number of rotatable bonds is 4. The molecule has 3 aromatic heterocycles. The van der Waals surface area contributed by atoms with Crippen molar-refractivity contribution in [2.45, 2.75) is 38.0 Å². The van der Waals surface area contributed by atoms with Crippen molar-refractivity contribution in [2.24, 2.45) is 0 Å². The molecule has 3 aliphatic rings. The smallest absolute Gasteiger partial charge is 0.0706 e. The fraction of sp³-hybridized carbons (Fsp3) is 0.146. The summed E-state index contributed by atoms with van der Waals surface area (Å²) in [4.78, 5) is 5.29. The van der Waals surface area contributed by atoms with E-state index in [4.69, 9.17) is 4.98 Å². The van der Waals surface area contributed by atoms with Gasteiger partial charge in [0.1, 0.15) is 0 Å². The number of nitrogens with zero attached hydrogens (tertiary/aromatic N) is 3. The predicted octanol–water partition coefficient (Wildman–Crippen LogP) is 10.2. The van der Waals surface area contributed by atoms with Crippen LogP contribution in [0.1, 0.15) is 53.4 Å². The van der Waals surface area contributed by atoms with Crippen LogP contribution in [-0.4, -0.2) is 14.1 Å². The van der Waals surface area contributed by atoms with Crippen LogP contribution in [0.5, 0.6) is 0 Å². The van der Waals surface area contributed by atoms with Crippen molar-refractivity contribution in [1.29, 1.82) is 0 Å². The molecule has 0 saturated heterocycles. The van der Waals surface area contributed by atoms with Gasteiger partial charge in [0.2, 0.25) is 0 Å². The van der Waals surface area contributed by atoms with Gasteiger partial charge in [0.25, 0.3) is 0 Å². The van der Waals surface area contributed by atoms with Crippen molar-refractivity contribution < 1.29 is 0 Å². The molecule has 44 heavy (non-hydrogen) atoms. The molecule has 3 nitrogen and oxygen atoms in total. The minimum Gasteiger partial charge on any atom is -0.317 e. The summed E-state index contributed by atoms with van der Waals surface area (Å²) in [6.45, 7) is 0. The number of hydrogen-bond acceptors (Lipinski definition) is 1. The Morgan fingerprint density at radius 3 is 2.11 bits per heavy atom. The molecule has 0 N–H and O–H groups in total. The molecule has 0 bridgehead atoms. The van der Waals surface area contributed by atoms with Crippen LogP contribution in [0.2, 0.25) is 0 Å². The molecule has 0 amide bonds. The second kappa shape index (κ2) is 10.2. The molecular weight excluding hydrogens is 534 g/mol. The fourth-order valence-corrected chi connectivity index (χ4v) is 7.62. The number of allylic oxidation sites excluding steroid dienone is 6. The van der Waals surface area contributed by atoms with Gasteiger partial charge in [-0.25, -0.2) is 0 Å². The number of para-hydroxylation sites is 2. The monoisotopic (exact) mass is 567 g/mol. The Morgan fingerprint density at radius 1 is 0.659 bits per heavy atom. The first-order valence-corrected chi connectivity index (χ1v) is 15.9. The zero-order valence-corrected chi connectivity index (χ0v) is 24.7. The van der Waals surface area contributed by atoms with E-state index in [0.29, 0.717) is 0 Å². The van der Waals surface area contributed by atoms with Crippen molar-refractivity contribution in [2.75, 3.05) is 0 Å². The zero-order valence-electron chi connectivity index (χ0n) is 24.7. The molecule has 212 valence electrons. The summed E-state index contributed by atoms with van der Waals surface area (Å²) in [7, 11) is 0. The number of benzene rings is 3. The average molecular weight is 568 g/mol. The van der Waals surface area contributed by atoms with E-state index in [2.05, 4.69) is 143 Å². The van der Waals surface area contributed by atoms with Gasteiger partial charge >= 0.3 is 0 Å². The predicted molar refractivity (Wildman–Crippen MR) is 184 cm³/mol. The molecule has 0 spiro atoms. The largest absolute Gasteiger partial charge is 0.317 e. The van der Waals surface area contributed by atoms with E-state index in [-0.39, 0.29) is 5.92 Å². The molecule has 0 fully saturated rings. The van der Waals surface area contributed by atoms with Gasteiger partial charge in [0.05, 0.1) is 16.7 Å². The quantitative estimate of drug-likeness (QED) is 0.208. The topological polar surface area (TPSA) is 22.8 Å². The molecule has 0 radical (unpaired) electrons. The van der Waals surface area contributed by atoms with Crippen LogP contribution in [0.25, 0.3) is 56.6 Å². The van der Waals surface area contributed by atoms with Gasteiger partial charge in [-0.05, 0) is 74.6 Å². The maximum Gasteiger partial charge on any atom is 0.0706 e. The molecule has 1 atom stereocenters. The van der Waals surface area contributed by atoms with Crippen LogP contribution >= 0.6 is 0 Å². The van der Waals surface area contributed by atoms with E-state index in [9.17, 15) is 0 Å². The van der Waals surface area contributed by atoms with Crippen LogP contribution in [-0.2, 0) is 12.8 Å². The van der Waals surface area contributed by atoms with Gasteiger partial charge in [-0.3, -0.25) is 4.98 Å². The first kappa shape index (κ1) is 25.4. The van der Waals surface area contributed by atoms with E-state index in [1.165, 1.54) is 55.7 Å². The van der Waals surface area contributed by atoms with Crippen LogP contribution in [0, 0.1) is 0 Å². The average Bonchev–Trinajstić information content (AvgIpc) is 3.62. The molecule has 3 aliphatic carbocycles. The maximum absolute atomic E-state index is 5.29. The third-order valence-electron chi connectivity index (χ3n) is 9.60. The molecule has 6 aromatic rings. The first-order valence-electron chi connectivity index (χ1n) is 15.9. The maximum atomic E-state index is 5.29. The Morgan fingerprint density at radius 2 is 1.34 bits per heavy atom. The molecular formula is C41H33N3. The number of fused-ring (bicyclic) bond motifs is 6. The van der Waals surface area contributed by atoms with Crippen LogP contribution < -0.4 is 0 Å². The van der Waals surface area contributed by atoms with E-state index in [1.807, 2.05) is 0 Å². The number of pyridine rings is 1. The van der Waals surface area contributed by atoms with Crippen molar-refractivity contribution >= 4 is 39.7 Å². The lowest BCUT2D eigenvalue weighted by Gasteiger charge is -2.23. The number of aromatic nitrogens is 3. The summed E-state index contributed by atoms with van der Waals surface area (Å²) in [6.07, 6.45) is 21.3. The second-order valence-electron chi connectivity index (χ2n) is 12.2. The standard InChI is InChI=1S/C41H33N3/c1-5-22-38-32(16-1)33-17-2-6-23-39(33)43(38)30-14-9-12-28(26-30)36-20-11-21-37(42-36)29-13-10-15-31(27-29)44-40-24-7-3-18-34(40)35-19-4-8-25-41(35)44/h1-5,7,9-22,24,26,29H,6,8,23,25,27H2. The summed E-state index contributed by atoms with van der Waals surface area (Å²) in [5, 5.41) is 2.67. The van der Waals surface area contributed by atoms with Crippen LogP contribution in [0.4, 0.5) is 0 Å². The van der Waals surface area contributed by atoms with Crippen molar-refractivity contribution in [3.63, 3.8) is 0 Å². The zero-order chi connectivity index (χ0) is 29.0. The van der Waals surface area contributed by atoms with Crippen molar-refractivity contribution in [1.82, 2.24) is 14.1 Å². The van der Waals surface area contributed by atoms with Crippen molar-refractivity contribution in [3.05, 3.63) is 150 Å². The fourth-order valence-electron chi connectivity index (χ4n) is 7.62. The van der Waals surface area contributed by atoms with Gasteiger partial charge in [0.15, 0.2) is 0 Å². The molecule has 3 heterocycles. The Labute approximate surface area is 257 Å². The molecule has 0 saturated carbocycles. The van der Waals surface area contributed by atoms with Gasteiger partial charge < -0.3 is 9.13 Å². The summed E-state index contributed by atoms with van der Waals surface area (Å²) >= 11 is 0. The summed E-state index contributed by atoms with van der Waals surface area (Å²) in [6, 6.07) is 33.1. The Kier molecular flexibility index (Phi) is 5.90. The van der Waals surface area contributed by atoms with Gasteiger partial charge in [-0.15, -0.1) is 0 Å². The lowest BCUT2D eigenvalue weighted by Crippen LogP contribution is -2.10. The van der Waals surface area contributed by atoms with E-state index < -0.39 is 0 Å². The lowest BCUT2D eigenvalue weighted by molar-refractivity contribution is 0.783. The summed E-state index contributed by atoms with van der Waals surface area (Å²) < 4.78 is 4.98. The minimum absolute atomic E-state index is 0.223. The van der Waals surface area contributed by atoms with E-state index in [0.717, 1.165) is 49.1 Å². The van der Waals surface area contributed by atoms with Crippen LogP contribution in [0.15, 0.2) is 121 Å². The molecule has 3 heteroatoms. The van der Waals surface area contributed by atoms with E-state index in [1.54, 1.807) is 0 Å². The highest BCUT2D eigenvalue weighted by atomic mass is 15.0. The molecule has 9 rings (SSSR count). The minimum atomic E-state index is 0.223. The van der Waals surface area contributed by atoms with Crippen LogP contribution in [0.3, 0.4) is 0 Å². The Hall–Kier alpha value is -5.15. The third kappa shape index (κ3) is 4.00. The van der Waals surface area contributed by atoms with Gasteiger partial charge in [-0.1, -0.05) is 91.1 Å². The lowest BCUT2D eigenvalue weighted by atomic mass is 9.93. The van der Waals surface area contributed by atoms with Gasteiger partial charge in [-0.2, -0.15) is 0 Å².